The molecule has 1 aromatic carbocycles. The first-order chi connectivity index (χ1) is 18.0. The Morgan fingerprint density at radius 1 is 1.24 bits per heavy atom. The van der Waals surface area contributed by atoms with Crippen LogP contribution in [0.15, 0.2) is 30.5 Å². The summed E-state index contributed by atoms with van der Waals surface area (Å²) in [5.74, 6) is 2.58. The summed E-state index contributed by atoms with van der Waals surface area (Å²) < 4.78 is 5.55. The van der Waals surface area contributed by atoms with Crippen molar-refractivity contribution >= 4 is 29.5 Å². The topological polar surface area (TPSA) is 112 Å². The van der Waals surface area contributed by atoms with Gasteiger partial charge in [-0.2, -0.15) is 10.2 Å². The molecule has 2 unspecified atom stereocenters. The molecule has 1 aromatic heterocycles. The predicted molar refractivity (Wildman–Crippen MR) is 148 cm³/mol. The zero-order valence-corrected chi connectivity index (χ0v) is 23.3. The second-order valence-electron chi connectivity index (χ2n) is 12.5. The lowest BCUT2D eigenvalue weighted by Gasteiger charge is -2.60. The van der Waals surface area contributed by atoms with E-state index in [2.05, 4.69) is 32.0 Å². The standard InChI is InChI=1S/C29H37ClN6O2/c1-17(22-7-5-6-8-23(22)30)34-26-32-15-21(14-31)25(36-26)33-16-29-11-18-9-19(12-29)24(20(10-18)13-29)35-27(37)38-28(2,3)4/h5-8,15,17-20,24H,9-13,16H2,1-4H3,(H,35,37)(H2,32,33,34,36)/t17?,18?,19-,20+,24-,29-. The van der Waals surface area contributed by atoms with Crippen LogP contribution in [0.1, 0.15) is 77.0 Å². The third-order valence-corrected chi connectivity index (χ3v) is 8.68. The Morgan fingerprint density at radius 2 is 1.95 bits per heavy atom. The van der Waals surface area contributed by atoms with Crippen LogP contribution in [0.3, 0.4) is 0 Å². The number of carbonyl (C=O) groups is 1. The average Bonchev–Trinajstić information content (AvgIpc) is 2.84. The molecule has 2 aromatic rings. The number of ether oxygens (including phenoxy) is 1. The van der Waals surface area contributed by atoms with Gasteiger partial charge in [-0.05, 0) is 94.6 Å². The summed E-state index contributed by atoms with van der Waals surface area (Å²) >= 11 is 6.36. The maximum atomic E-state index is 12.5. The van der Waals surface area contributed by atoms with Crippen molar-refractivity contribution in [3.8, 4) is 6.07 Å². The number of amides is 1. The van der Waals surface area contributed by atoms with Crippen molar-refractivity contribution in [3.63, 3.8) is 0 Å². The van der Waals surface area contributed by atoms with Gasteiger partial charge in [0.2, 0.25) is 5.95 Å². The molecule has 4 bridgehead atoms. The molecule has 6 atom stereocenters. The molecule has 4 aliphatic carbocycles. The Bertz CT molecular complexity index is 1220. The minimum atomic E-state index is -0.504. The number of alkyl carbamates (subject to hydrolysis) is 1. The molecule has 8 nitrogen and oxygen atoms in total. The number of hydrogen-bond donors (Lipinski definition) is 3. The second-order valence-corrected chi connectivity index (χ2v) is 12.9. The van der Waals surface area contributed by atoms with Gasteiger partial charge in [-0.3, -0.25) is 0 Å². The maximum Gasteiger partial charge on any atom is 0.407 e. The number of halogens is 1. The van der Waals surface area contributed by atoms with E-state index in [0.29, 0.717) is 40.1 Å². The lowest BCUT2D eigenvalue weighted by molar-refractivity contribution is -0.0703. The van der Waals surface area contributed by atoms with E-state index < -0.39 is 5.60 Å². The lowest BCUT2D eigenvalue weighted by Crippen LogP contribution is -2.60. The van der Waals surface area contributed by atoms with E-state index in [0.717, 1.165) is 37.8 Å². The van der Waals surface area contributed by atoms with Gasteiger partial charge in [0.15, 0.2) is 0 Å². The largest absolute Gasteiger partial charge is 0.444 e. The fourth-order valence-corrected chi connectivity index (χ4v) is 7.42. The molecule has 0 radical (unpaired) electrons. The van der Waals surface area contributed by atoms with Crippen LogP contribution >= 0.6 is 11.6 Å². The Kier molecular flexibility index (Phi) is 7.17. The average molecular weight is 537 g/mol. The Morgan fingerprint density at radius 3 is 2.61 bits per heavy atom. The summed E-state index contributed by atoms with van der Waals surface area (Å²) in [7, 11) is 0. The lowest BCUT2D eigenvalue weighted by atomic mass is 9.48. The van der Waals surface area contributed by atoms with E-state index in [4.69, 9.17) is 16.3 Å². The molecule has 0 spiro atoms. The van der Waals surface area contributed by atoms with E-state index in [1.54, 1.807) is 6.20 Å². The summed E-state index contributed by atoms with van der Waals surface area (Å²) in [4.78, 5) is 21.6. The highest BCUT2D eigenvalue weighted by molar-refractivity contribution is 6.31. The molecule has 3 N–H and O–H groups in total. The van der Waals surface area contributed by atoms with Gasteiger partial charge in [0.05, 0.1) is 12.2 Å². The molecule has 0 saturated heterocycles. The Hall–Kier alpha value is -3.05. The maximum absolute atomic E-state index is 12.5. The van der Waals surface area contributed by atoms with Crippen molar-refractivity contribution in [2.24, 2.45) is 23.2 Å². The molecule has 4 saturated carbocycles. The van der Waals surface area contributed by atoms with Crippen LogP contribution in [0.2, 0.25) is 5.02 Å². The van der Waals surface area contributed by atoms with Gasteiger partial charge in [-0.15, -0.1) is 0 Å². The number of carbonyl (C=O) groups excluding carboxylic acids is 1. The number of aromatic nitrogens is 2. The van der Waals surface area contributed by atoms with Crippen molar-refractivity contribution in [1.29, 1.82) is 5.26 Å². The first-order valence-electron chi connectivity index (χ1n) is 13.6. The third kappa shape index (κ3) is 5.68. The van der Waals surface area contributed by atoms with Crippen LogP contribution in [0.25, 0.3) is 0 Å². The monoisotopic (exact) mass is 536 g/mol. The number of rotatable bonds is 7. The zero-order valence-electron chi connectivity index (χ0n) is 22.6. The minimum Gasteiger partial charge on any atom is -0.444 e. The molecule has 0 aliphatic heterocycles. The van der Waals surface area contributed by atoms with Gasteiger partial charge in [-0.1, -0.05) is 29.8 Å². The van der Waals surface area contributed by atoms with Crippen molar-refractivity contribution in [1.82, 2.24) is 15.3 Å². The van der Waals surface area contributed by atoms with Crippen LogP contribution in [0.5, 0.6) is 0 Å². The molecule has 1 heterocycles. The molecule has 4 fully saturated rings. The van der Waals surface area contributed by atoms with Crippen molar-refractivity contribution in [2.75, 3.05) is 17.2 Å². The summed E-state index contributed by atoms with van der Waals surface area (Å²) in [5, 5.41) is 20.4. The minimum absolute atomic E-state index is 0.0953. The number of hydrogen-bond acceptors (Lipinski definition) is 7. The predicted octanol–water partition coefficient (Wildman–Crippen LogP) is 6.31. The second kappa shape index (κ2) is 10.3. The molecule has 202 valence electrons. The summed E-state index contributed by atoms with van der Waals surface area (Å²) in [6.45, 7) is 8.44. The normalized spacial score (nSPS) is 28.3. The van der Waals surface area contributed by atoms with Crippen LogP contribution in [-0.4, -0.2) is 34.2 Å². The number of nitrogens with one attached hydrogen (secondary N) is 3. The fraction of sp³-hybridized carbons (Fsp3) is 0.586. The highest BCUT2D eigenvalue weighted by Gasteiger charge is 2.55. The molecule has 38 heavy (non-hydrogen) atoms. The van der Waals surface area contributed by atoms with Crippen molar-refractivity contribution in [3.05, 3.63) is 46.6 Å². The van der Waals surface area contributed by atoms with Gasteiger partial charge in [-0.25, -0.2) is 9.78 Å². The summed E-state index contributed by atoms with van der Waals surface area (Å²) in [6, 6.07) is 9.99. The molecular weight excluding hydrogens is 500 g/mol. The number of benzene rings is 1. The smallest absolute Gasteiger partial charge is 0.407 e. The molecule has 6 rings (SSSR count). The third-order valence-electron chi connectivity index (χ3n) is 8.34. The molecule has 1 amide bonds. The molecule has 9 heteroatoms. The van der Waals surface area contributed by atoms with E-state index in [1.165, 1.54) is 6.42 Å². The first-order valence-corrected chi connectivity index (χ1v) is 13.9. The van der Waals surface area contributed by atoms with E-state index >= 15 is 0 Å². The quantitative estimate of drug-likeness (QED) is 0.380. The highest BCUT2D eigenvalue weighted by Crippen LogP contribution is 2.60. The van der Waals surface area contributed by atoms with E-state index in [-0.39, 0.29) is 23.6 Å². The highest BCUT2D eigenvalue weighted by atomic mass is 35.5. The number of nitrogens with zero attached hydrogens (tertiary/aromatic N) is 3. The molecular formula is C29H37ClN6O2. The van der Waals surface area contributed by atoms with Crippen LogP contribution < -0.4 is 16.0 Å². The van der Waals surface area contributed by atoms with Crippen molar-refractivity contribution in [2.45, 2.75) is 77.5 Å². The summed E-state index contributed by atoms with van der Waals surface area (Å²) in [5.41, 5.74) is 1.02. The number of nitriles is 1. The number of anilines is 2. The zero-order chi connectivity index (χ0) is 27.1. The van der Waals surface area contributed by atoms with Gasteiger partial charge in [0, 0.05) is 17.6 Å². The van der Waals surface area contributed by atoms with E-state index in [9.17, 15) is 10.1 Å². The fourth-order valence-electron chi connectivity index (χ4n) is 7.13. The van der Waals surface area contributed by atoms with Gasteiger partial charge >= 0.3 is 6.09 Å². The van der Waals surface area contributed by atoms with Gasteiger partial charge < -0.3 is 20.7 Å². The van der Waals surface area contributed by atoms with Crippen molar-refractivity contribution < 1.29 is 9.53 Å². The summed E-state index contributed by atoms with van der Waals surface area (Å²) in [6.07, 6.45) is 6.84. The first kappa shape index (κ1) is 26.6. The van der Waals surface area contributed by atoms with E-state index in [1.807, 2.05) is 52.0 Å². The SMILES string of the molecule is CC(Nc1ncc(C#N)c(NC[C@]23CC4C[C@H](C2)[C@@H](NC(=O)OC(C)(C)C)[C@@H](C4)C3)n1)c1ccccc1Cl. The Labute approximate surface area is 229 Å². The molecule has 4 aliphatic rings. The van der Waals surface area contributed by atoms with Gasteiger partial charge in [0.25, 0.3) is 0 Å². The van der Waals surface area contributed by atoms with Crippen LogP contribution in [-0.2, 0) is 4.74 Å². The van der Waals surface area contributed by atoms with Gasteiger partial charge in [0.1, 0.15) is 23.1 Å². The van der Waals surface area contributed by atoms with Crippen LogP contribution in [0.4, 0.5) is 16.6 Å². The Balaban J connectivity index is 1.26. The van der Waals surface area contributed by atoms with Crippen LogP contribution in [0, 0.1) is 34.5 Å².